The van der Waals surface area contributed by atoms with E-state index >= 15 is 0 Å². The van der Waals surface area contributed by atoms with Crippen LogP contribution < -0.4 is 10.2 Å². The van der Waals surface area contributed by atoms with Crippen LogP contribution in [0, 0.1) is 6.92 Å². The van der Waals surface area contributed by atoms with E-state index in [-0.39, 0.29) is 18.2 Å². The van der Waals surface area contributed by atoms with Crippen molar-refractivity contribution in [3.63, 3.8) is 0 Å². The second kappa shape index (κ2) is 5.72. The van der Waals surface area contributed by atoms with Gasteiger partial charge < -0.3 is 19.8 Å². The summed E-state index contributed by atoms with van der Waals surface area (Å²) in [6.07, 6.45) is 5.41. The van der Waals surface area contributed by atoms with Crippen LogP contribution in [0.25, 0.3) is 0 Å². The molecule has 8 heteroatoms. The molecule has 8 nitrogen and oxygen atoms in total. The monoisotopic (exact) mass is 303 g/mol. The summed E-state index contributed by atoms with van der Waals surface area (Å²) in [5.41, 5.74) is -0.360. The van der Waals surface area contributed by atoms with Gasteiger partial charge in [-0.1, -0.05) is 5.16 Å². The van der Waals surface area contributed by atoms with Crippen molar-refractivity contribution in [3.8, 4) is 0 Å². The van der Waals surface area contributed by atoms with Crippen LogP contribution in [0.15, 0.2) is 29.2 Å². The minimum Gasteiger partial charge on any atom is -0.386 e. The zero-order valence-corrected chi connectivity index (χ0v) is 12.2. The van der Waals surface area contributed by atoms with Crippen LogP contribution in [0.2, 0.25) is 0 Å². The first kappa shape index (κ1) is 14.5. The van der Waals surface area contributed by atoms with E-state index in [9.17, 15) is 9.90 Å². The molecule has 1 amide bonds. The first-order valence-electron chi connectivity index (χ1n) is 7.01. The average Bonchev–Trinajstić information content (AvgIpc) is 3.13. The molecule has 0 unspecified atom stereocenters. The smallest absolute Gasteiger partial charge is 0.290 e. The lowest BCUT2D eigenvalue weighted by Crippen LogP contribution is -2.45. The number of aryl methyl sites for hydroxylation is 1. The zero-order valence-electron chi connectivity index (χ0n) is 12.2. The fraction of sp³-hybridized carbons (Fsp3) is 0.429. The number of hydrogen-bond acceptors (Lipinski definition) is 7. The molecule has 0 spiro atoms. The van der Waals surface area contributed by atoms with Gasteiger partial charge in [-0.3, -0.25) is 9.78 Å². The van der Waals surface area contributed by atoms with E-state index < -0.39 is 5.60 Å². The Morgan fingerprint density at radius 2 is 2.41 bits per heavy atom. The fourth-order valence-electron chi connectivity index (χ4n) is 2.45. The number of anilines is 1. The highest BCUT2D eigenvalue weighted by Gasteiger charge is 2.37. The van der Waals surface area contributed by atoms with Crippen LogP contribution in [0.1, 0.15) is 22.7 Å². The minimum atomic E-state index is -0.998. The summed E-state index contributed by atoms with van der Waals surface area (Å²) in [5, 5.41) is 16.9. The van der Waals surface area contributed by atoms with E-state index in [1.165, 1.54) is 0 Å². The van der Waals surface area contributed by atoms with Crippen molar-refractivity contribution in [2.24, 2.45) is 0 Å². The van der Waals surface area contributed by atoms with Crippen LogP contribution in [0.5, 0.6) is 0 Å². The number of hydrogen-bond donors (Lipinski definition) is 2. The van der Waals surface area contributed by atoms with E-state index in [2.05, 4.69) is 20.4 Å². The van der Waals surface area contributed by atoms with Crippen LogP contribution >= 0.6 is 0 Å². The molecule has 3 heterocycles. The molecule has 0 saturated carbocycles. The Labute approximate surface area is 127 Å². The normalized spacial score (nSPS) is 21.1. The van der Waals surface area contributed by atoms with Crippen molar-refractivity contribution in [1.29, 1.82) is 0 Å². The molecule has 1 fully saturated rings. The third kappa shape index (κ3) is 3.06. The highest BCUT2D eigenvalue weighted by molar-refractivity contribution is 5.91. The van der Waals surface area contributed by atoms with Gasteiger partial charge in [-0.25, -0.2) is 4.98 Å². The van der Waals surface area contributed by atoms with Crippen molar-refractivity contribution < 1.29 is 14.4 Å². The van der Waals surface area contributed by atoms with Crippen LogP contribution in [-0.2, 0) is 0 Å². The van der Waals surface area contributed by atoms with Crippen molar-refractivity contribution in [3.05, 3.63) is 36.1 Å². The number of aromatic nitrogens is 3. The lowest BCUT2D eigenvalue weighted by molar-refractivity contribution is 0.0564. The third-order valence-corrected chi connectivity index (χ3v) is 3.64. The Balaban J connectivity index is 1.58. The minimum absolute atomic E-state index is 0.141. The standard InChI is InChI=1S/C14H17N5O3/c1-10-6-11(22-18-10)13(20)17-8-14(21)2-5-19(9-14)12-7-15-3-4-16-12/h3-4,6-7,21H,2,5,8-9H2,1H3,(H,17,20)/t14-/m0/s1. The number of rotatable bonds is 4. The number of amides is 1. The van der Waals surface area contributed by atoms with Crippen molar-refractivity contribution in [1.82, 2.24) is 20.4 Å². The Kier molecular flexibility index (Phi) is 3.76. The topological polar surface area (TPSA) is 104 Å². The largest absolute Gasteiger partial charge is 0.386 e. The maximum absolute atomic E-state index is 11.9. The molecule has 0 aromatic carbocycles. The molecule has 1 aliphatic heterocycles. The molecule has 1 aliphatic rings. The van der Waals surface area contributed by atoms with Crippen LogP contribution in [0.3, 0.4) is 0 Å². The summed E-state index contributed by atoms with van der Waals surface area (Å²) in [7, 11) is 0. The van der Waals surface area contributed by atoms with Gasteiger partial charge in [0.2, 0.25) is 5.76 Å². The average molecular weight is 303 g/mol. The summed E-state index contributed by atoms with van der Waals surface area (Å²) in [4.78, 5) is 22.1. The maximum Gasteiger partial charge on any atom is 0.290 e. The molecular formula is C14H17N5O3. The molecule has 0 bridgehead atoms. The molecule has 0 aliphatic carbocycles. The number of nitrogens with one attached hydrogen (secondary N) is 1. The first-order valence-corrected chi connectivity index (χ1v) is 7.01. The number of carbonyl (C=O) groups is 1. The quantitative estimate of drug-likeness (QED) is 0.828. The lowest BCUT2D eigenvalue weighted by atomic mass is 10.0. The SMILES string of the molecule is Cc1cc(C(=O)NC[C@@]2(O)CCN(c3cnccn3)C2)on1. The second-order valence-corrected chi connectivity index (χ2v) is 5.47. The van der Waals surface area contributed by atoms with Gasteiger partial charge in [0.25, 0.3) is 5.91 Å². The molecule has 116 valence electrons. The number of carbonyl (C=O) groups excluding carboxylic acids is 1. The third-order valence-electron chi connectivity index (χ3n) is 3.64. The summed E-state index contributed by atoms with van der Waals surface area (Å²) >= 11 is 0. The number of aliphatic hydroxyl groups is 1. The fourth-order valence-corrected chi connectivity index (χ4v) is 2.45. The van der Waals surface area contributed by atoms with Crippen LogP contribution in [0.4, 0.5) is 5.82 Å². The van der Waals surface area contributed by atoms with Gasteiger partial charge in [0.15, 0.2) is 0 Å². The molecule has 1 atom stereocenters. The Morgan fingerprint density at radius 1 is 1.55 bits per heavy atom. The Morgan fingerprint density at radius 3 is 3.09 bits per heavy atom. The molecule has 3 rings (SSSR count). The Bertz CT molecular complexity index is 660. The predicted molar refractivity (Wildman–Crippen MR) is 77.4 cm³/mol. The predicted octanol–water partition coefficient (Wildman–Crippen LogP) is 0.144. The van der Waals surface area contributed by atoms with Crippen molar-refractivity contribution in [2.75, 3.05) is 24.5 Å². The van der Waals surface area contributed by atoms with Gasteiger partial charge in [-0.2, -0.15) is 0 Å². The molecule has 1 saturated heterocycles. The molecule has 0 radical (unpaired) electrons. The van der Waals surface area contributed by atoms with E-state index in [0.29, 0.717) is 25.2 Å². The number of β-amino-alcohol motifs (C(OH)–C–C–N with tert-alkyl or cyclic N) is 1. The molecular weight excluding hydrogens is 286 g/mol. The van der Waals surface area contributed by atoms with E-state index in [0.717, 1.165) is 5.82 Å². The first-order chi connectivity index (χ1) is 10.6. The van der Waals surface area contributed by atoms with Crippen molar-refractivity contribution >= 4 is 11.7 Å². The summed E-state index contributed by atoms with van der Waals surface area (Å²) in [5.74, 6) is 0.479. The van der Waals surface area contributed by atoms with Gasteiger partial charge in [0.05, 0.1) is 11.9 Å². The van der Waals surface area contributed by atoms with Gasteiger partial charge in [0, 0.05) is 38.1 Å². The van der Waals surface area contributed by atoms with E-state index in [1.807, 2.05) is 4.90 Å². The highest BCUT2D eigenvalue weighted by Crippen LogP contribution is 2.24. The van der Waals surface area contributed by atoms with E-state index in [4.69, 9.17) is 4.52 Å². The second-order valence-electron chi connectivity index (χ2n) is 5.47. The molecule has 22 heavy (non-hydrogen) atoms. The zero-order chi connectivity index (χ0) is 15.6. The van der Waals surface area contributed by atoms with Gasteiger partial charge in [0.1, 0.15) is 11.4 Å². The molecule has 2 N–H and O–H groups in total. The van der Waals surface area contributed by atoms with E-state index in [1.54, 1.807) is 31.6 Å². The van der Waals surface area contributed by atoms with Gasteiger partial charge in [-0.15, -0.1) is 0 Å². The van der Waals surface area contributed by atoms with Gasteiger partial charge >= 0.3 is 0 Å². The molecule has 2 aromatic heterocycles. The molecule has 2 aromatic rings. The van der Waals surface area contributed by atoms with Crippen LogP contribution in [-0.4, -0.2) is 51.4 Å². The van der Waals surface area contributed by atoms with Crippen molar-refractivity contribution in [2.45, 2.75) is 18.9 Å². The maximum atomic E-state index is 11.9. The van der Waals surface area contributed by atoms with Gasteiger partial charge in [-0.05, 0) is 13.3 Å². The Hall–Kier alpha value is -2.48. The highest BCUT2D eigenvalue weighted by atomic mass is 16.5. The number of nitrogens with zero attached hydrogens (tertiary/aromatic N) is 4. The summed E-state index contributed by atoms with van der Waals surface area (Å²) in [6.45, 7) is 2.93. The summed E-state index contributed by atoms with van der Waals surface area (Å²) < 4.78 is 4.89. The lowest BCUT2D eigenvalue weighted by Gasteiger charge is -2.23. The summed E-state index contributed by atoms with van der Waals surface area (Å²) in [6, 6.07) is 1.56.